The zero-order valence-electron chi connectivity index (χ0n) is 19.5. The van der Waals surface area contributed by atoms with Gasteiger partial charge in [0.1, 0.15) is 23.0 Å². The smallest absolute Gasteiger partial charge is 0.272 e. The summed E-state index contributed by atoms with van der Waals surface area (Å²) in [5.74, 6) is -5.53. The SMILES string of the molecule is Cc1nn(C)cc1CN(C)C(=O)c1[nH]c(S(=O)Cc2c(F)ccc(F)c2F)nc1-c1ccc(F)cc1. The summed E-state index contributed by atoms with van der Waals surface area (Å²) in [7, 11) is 1.14. The lowest BCUT2D eigenvalue weighted by Crippen LogP contribution is -2.27. The van der Waals surface area contributed by atoms with Crippen LogP contribution in [0.4, 0.5) is 17.6 Å². The number of aryl methyl sites for hydroxylation is 2. The lowest BCUT2D eigenvalue weighted by atomic mass is 10.1. The molecule has 2 aromatic heterocycles. The molecule has 0 aliphatic rings. The first-order chi connectivity index (χ1) is 17.0. The molecule has 4 rings (SSSR count). The van der Waals surface area contributed by atoms with E-state index in [1.165, 1.54) is 29.2 Å². The maximum absolute atomic E-state index is 14.1. The van der Waals surface area contributed by atoms with Gasteiger partial charge in [0.2, 0.25) is 0 Å². The van der Waals surface area contributed by atoms with E-state index < -0.39 is 51.3 Å². The number of rotatable bonds is 7. The van der Waals surface area contributed by atoms with Crippen LogP contribution in [0.15, 0.2) is 47.8 Å². The van der Waals surface area contributed by atoms with Crippen LogP contribution in [0.5, 0.6) is 0 Å². The standard InChI is InChI=1S/C24H21F4N5O2S/c1-13-15(11-33(3)31-13)10-32(2)23(34)22-21(14-4-6-16(25)7-5-14)29-24(30-22)36(35)12-17-18(26)8-9-19(27)20(17)28/h4-9,11H,10,12H2,1-3H3,(H,29,30). The zero-order valence-corrected chi connectivity index (χ0v) is 20.3. The first-order valence-corrected chi connectivity index (χ1v) is 12.0. The summed E-state index contributed by atoms with van der Waals surface area (Å²) in [6, 6.07) is 6.51. The molecule has 0 spiro atoms. The quantitative estimate of drug-likeness (QED) is 0.292. The van der Waals surface area contributed by atoms with Crippen LogP contribution >= 0.6 is 0 Å². The van der Waals surface area contributed by atoms with E-state index in [0.717, 1.165) is 17.3 Å². The highest BCUT2D eigenvalue weighted by Crippen LogP contribution is 2.26. The monoisotopic (exact) mass is 519 g/mol. The fourth-order valence-corrected chi connectivity index (χ4v) is 4.73. The van der Waals surface area contributed by atoms with Crippen LogP contribution in [0.25, 0.3) is 11.3 Å². The van der Waals surface area contributed by atoms with E-state index in [9.17, 15) is 26.6 Å². The van der Waals surface area contributed by atoms with Gasteiger partial charge in [0.15, 0.2) is 16.8 Å². The third kappa shape index (κ3) is 5.08. The van der Waals surface area contributed by atoms with E-state index >= 15 is 0 Å². The molecular formula is C24H21F4N5O2S. The molecule has 0 radical (unpaired) electrons. The highest BCUT2D eigenvalue weighted by Gasteiger charge is 2.26. The number of halogens is 4. The van der Waals surface area contributed by atoms with Gasteiger partial charge in [-0.2, -0.15) is 5.10 Å². The van der Waals surface area contributed by atoms with Gasteiger partial charge < -0.3 is 9.88 Å². The number of aromatic amines is 1. The summed E-state index contributed by atoms with van der Waals surface area (Å²) >= 11 is 0. The van der Waals surface area contributed by atoms with Crippen molar-refractivity contribution in [2.75, 3.05) is 7.05 Å². The number of hydrogen-bond acceptors (Lipinski definition) is 4. The Morgan fingerprint density at radius 2 is 1.75 bits per heavy atom. The first kappa shape index (κ1) is 25.3. The van der Waals surface area contributed by atoms with Crippen LogP contribution in [0.2, 0.25) is 0 Å². The number of hydrogen-bond donors (Lipinski definition) is 1. The number of carbonyl (C=O) groups is 1. The fourth-order valence-electron chi connectivity index (χ4n) is 3.65. The van der Waals surface area contributed by atoms with Crippen LogP contribution in [0.3, 0.4) is 0 Å². The van der Waals surface area contributed by atoms with Gasteiger partial charge in [-0.3, -0.25) is 13.7 Å². The van der Waals surface area contributed by atoms with Gasteiger partial charge in [0, 0.05) is 43.5 Å². The number of nitrogens with one attached hydrogen (secondary N) is 1. The highest BCUT2D eigenvalue weighted by molar-refractivity contribution is 7.84. The molecule has 0 saturated carbocycles. The number of nitrogens with zero attached hydrogens (tertiary/aromatic N) is 4. The van der Waals surface area contributed by atoms with Gasteiger partial charge in [0.05, 0.1) is 22.2 Å². The summed E-state index contributed by atoms with van der Waals surface area (Å²) < 4.78 is 69.9. The van der Waals surface area contributed by atoms with Gasteiger partial charge in [-0.15, -0.1) is 0 Å². The van der Waals surface area contributed by atoms with Crippen molar-refractivity contribution < 1.29 is 26.6 Å². The van der Waals surface area contributed by atoms with Gasteiger partial charge >= 0.3 is 0 Å². The molecule has 4 aromatic rings. The molecule has 1 atom stereocenters. The Balaban J connectivity index is 1.70. The third-order valence-corrected chi connectivity index (χ3v) is 6.69. The average Bonchev–Trinajstić information content (AvgIpc) is 3.42. The minimum absolute atomic E-state index is 0.0470. The first-order valence-electron chi connectivity index (χ1n) is 10.7. The molecule has 0 bridgehead atoms. The molecule has 188 valence electrons. The lowest BCUT2D eigenvalue weighted by molar-refractivity contribution is 0.0780. The maximum atomic E-state index is 14.1. The minimum Gasteiger partial charge on any atom is -0.336 e. The van der Waals surface area contributed by atoms with Crippen molar-refractivity contribution in [3.63, 3.8) is 0 Å². The minimum atomic E-state index is -2.17. The molecule has 0 saturated heterocycles. The molecular weight excluding hydrogens is 498 g/mol. The van der Waals surface area contributed by atoms with Crippen LogP contribution in [0, 0.1) is 30.2 Å². The van der Waals surface area contributed by atoms with Crippen molar-refractivity contribution in [1.82, 2.24) is 24.6 Å². The second-order valence-corrected chi connectivity index (χ2v) is 9.53. The molecule has 2 aromatic carbocycles. The molecule has 0 fully saturated rings. The van der Waals surface area contributed by atoms with Crippen molar-refractivity contribution in [3.8, 4) is 11.3 Å². The van der Waals surface area contributed by atoms with E-state index in [4.69, 9.17) is 0 Å². The maximum Gasteiger partial charge on any atom is 0.272 e. The largest absolute Gasteiger partial charge is 0.336 e. The van der Waals surface area contributed by atoms with E-state index in [0.29, 0.717) is 11.6 Å². The topological polar surface area (TPSA) is 83.9 Å². The second-order valence-electron chi connectivity index (χ2n) is 8.16. The molecule has 0 aliphatic heterocycles. The van der Waals surface area contributed by atoms with Crippen LogP contribution in [-0.4, -0.2) is 41.8 Å². The van der Waals surface area contributed by atoms with Crippen molar-refractivity contribution in [3.05, 3.63) is 88.4 Å². The Kier molecular flexibility index (Phi) is 7.07. The third-order valence-electron chi connectivity index (χ3n) is 5.51. The normalized spacial score (nSPS) is 12.1. The van der Waals surface area contributed by atoms with E-state index in [1.807, 2.05) is 0 Å². The molecule has 1 unspecified atom stereocenters. The Labute approximate surface area is 206 Å². The summed E-state index contributed by atoms with van der Waals surface area (Å²) in [4.78, 5) is 21.7. The average molecular weight is 520 g/mol. The lowest BCUT2D eigenvalue weighted by Gasteiger charge is -2.16. The Bertz CT molecular complexity index is 1470. The molecule has 7 nitrogen and oxygen atoms in total. The Morgan fingerprint density at radius 3 is 2.39 bits per heavy atom. The number of imidazole rings is 1. The predicted molar refractivity (Wildman–Crippen MR) is 124 cm³/mol. The van der Waals surface area contributed by atoms with Crippen LogP contribution in [-0.2, 0) is 30.1 Å². The number of benzene rings is 2. The number of amides is 1. The van der Waals surface area contributed by atoms with Crippen molar-refractivity contribution in [2.24, 2.45) is 7.05 Å². The highest BCUT2D eigenvalue weighted by atomic mass is 32.2. The predicted octanol–water partition coefficient (Wildman–Crippen LogP) is 4.26. The van der Waals surface area contributed by atoms with Crippen LogP contribution < -0.4 is 0 Å². The van der Waals surface area contributed by atoms with Crippen molar-refractivity contribution in [2.45, 2.75) is 24.4 Å². The van der Waals surface area contributed by atoms with Gasteiger partial charge in [0.25, 0.3) is 5.91 Å². The number of aromatic nitrogens is 4. The molecule has 1 amide bonds. The summed E-state index contributed by atoms with van der Waals surface area (Å²) in [5, 5.41) is 4.01. The summed E-state index contributed by atoms with van der Waals surface area (Å²) in [5.41, 5.74) is 1.23. The molecule has 12 heteroatoms. The second kappa shape index (κ2) is 10.1. The summed E-state index contributed by atoms with van der Waals surface area (Å²) in [6.07, 6.45) is 1.77. The van der Waals surface area contributed by atoms with E-state index in [-0.39, 0.29) is 23.1 Å². The summed E-state index contributed by atoms with van der Waals surface area (Å²) in [6.45, 7) is 2.01. The van der Waals surface area contributed by atoms with E-state index in [2.05, 4.69) is 15.1 Å². The molecule has 2 heterocycles. The Morgan fingerprint density at radius 1 is 1.08 bits per heavy atom. The van der Waals surface area contributed by atoms with Crippen LogP contribution in [0.1, 0.15) is 27.3 Å². The molecule has 0 aliphatic carbocycles. The molecule has 36 heavy (non-hydrogen) atoms. The van der Waals surface area contributed by atoms with Gasteiger partial charge in [-0.05, 0) is 43.3 Å². The van der Waals surface area contributed by atoms with E-state index in [1.54, 1.807) is 31.9 Å². The zero-order chi connectivity index (χ0) is 26.1. The van der Waals surface area contributed by atoms with Gasteiger partial charge in [-0.1, -0.05) is 0 Å². The number of carbonyl (C=O) groups excluding carboxylic acids is 1. The van der Waals surface area contributed by atoms with Gasteiger partial charge in [-0.25, -0.2) is 22.5 Å². The number of H-pyrrole nitrogens is 1. The Hall–Kier alpha value is -3.80. The fraction of sp³-hybridized carbons (Fsp3) is 0.208. The van der Waals surface area contributed by atoms with Crippen molar-refractivity contribution in [1.29, 1.82) is 0 Å². The molecule has 1 N–H and O–H groups in total. The van der Waals surface area contributed by atoms with Crippen molar-refractivity contribution >= 4 is 16.7 Å².